The largest absolute Gasteiger partial charge is 0.352 e. The quantitative estimate of drug-likeness (QED) is 0.389. The van der Waals surface area contributed by atoms with Crippen molar-refractivity contribution in [2.24, 2.45) is 0 Å². The van der Waals surface area contributed by atoms with E-state index in [1.54, 1.807) is 0 Å². The average Bonchev–Trinajstić information content (AvgIpc) is 2.70. The van der Waals surface area contributed by atoms with Crippen LogP contribution in [0.1, 0.15) is 65.2 Å². The maximum atomic E-state index is 13.0. The standard InChI is InChI=1S/C22H30N4O2/c1-3-5-7-11-15-25-18-14-10-9-13-17(18)23-19-20(25)24-22(28)26(21(19)27)16-12-8-6-4-2/h9-10,13-14H,3-8,11-12,15-16H2,1-2H3. The number of unbranched alkanes of at least 4 members (excludes halogenated alkanes) is 6. The molecule has 0 N–H and O–H groups in total. The molecule has 0 unspecified atom stereocenters. The van der Waals surface area contributed by atoms with E-state index >= 15 is 0 Å². The monoisotopic (exact) mass is 382 g/mol. The summed E-state index contributed by atoms with van der Waals surface area (Å²) in [6, 6.07) is 7.75. The minimum absolute atomic E-state index is 0.296. The number of hydrogen-bond acceptors (Lipinski definition) is 4. The molecule has 2 aliphatic rings. The highest BCUT2D eigenvalue weighted by Crippen LogP contribution is 2.21. The molecule has 0 atom stereocenters. The Hall–Kier alpha value is -2.50. The van der Waals surface area contributed by atoms with Crippen molar-refractivity contribution in [3.8, 4) is 11.5 Å². The molecular formula is C22H30N4O2. The third-order valence-corrected chi connectivity index (χ3v) is 5.22. The van der Waals surface area contributed by atoms with Gasteiger partial charge in [0.05, 0.1) is 11.0 Å². The van der Waals surface area contributed by atoms with Crippen molar-refractivity contribution in [3.63, 3.8) is 0 Å². The van der Waals surface area contributed by atoms with Crippen LogP contribution in [-0.4, -0.2) is 19.1 Å². The first-order chi connectivity index (χ1) is 13.7. The lowest BCUT2D eigenvalue weighted by molar-refractivity contribution is 0.542. The smallest absolute Gasteiger partial charge is 0.322 e. The molecule has 0 fully saturated rings. The Kier molecular flexibility index (Phi) is 6.95. The third kappa shape index (κ3) is 4.32. The molecule has 0 amide bonds. The number of rotatable bonds is 10. The molecule has 150 valence electrons. The van der Waals surface area contributed by atoms with Crippen LogP contribution in [0.25, 0.3) is 22.6 Å². The second kappa shape index (κ2) is 9.62. The molecule has 0 saturated heterocycles. The van der Waals surface area contributed by atoms with Crippen LogP contribution in [0.15, 0.2) is 33.9 Å². The van der Waals surface area contributed by atoms with E-state index in [0.717, 1.165) is 62.5 Å². The molecule has 2 aliphatic heterocycles. The van der Waals surface area contributed by atoms with Crippen LogP contribution < -0.4 is 11.2 Å². The summed E-state index contributed by atoms with van der Waals surface area (Å²) in [4.78, 5) is 34.5. The molecule has 0 aliphatic carbocycles. The Bertz CT molecular complexity index is 1010. The number of nitrogens with zero attached hydrogens (tertiary/aromatic N) is 4. The summed E-state index contributed by atoms with van der Waals surface area (Å²) in [5, 5.41) is 0. The fraction of sp³-hybridized carbons (Fsp3) is 0.545. The van der Waals surface area contributed by atoms with Crippen molar-refractivity contribution in [2.45, 2.75) is 78.3 Å². The average molecular weight is 383 g/mol. The van der Waals surface area contributed by atoms with Crippen molar-refractivity contribution in [2.75, 3.05) is 0 Å². The number of aryl methyl sites for hydroxylation is 1. The van der Waals surface area contributed by atoms with Gasteiger partial charge in [0.15, 0.2) is 11.5 Å². The predicted molar refractivity (Wildman–Crippen MR) is 113 cm³/mol. The number of aromatic nitrogens is 4. The fourth-order valence-corrected chi connectivity index (χ4v) is 3.64. The predicted octanol–water partition coefficient (Wildman–Crippen LogP) is 4.22. The molecule has 2 heterocycles. The number of para-hydroxylation sites is 2. The minimum Gasteiger partial charge on any atom is -0.322 e. The lowest BCUT2D eigenvalue weighted by atomic mass is 10.2. The van der Waals surface area contributed by atoms with Gasteiger partial charge >= 0.3 is 5.69 Å². The molecule has 6 heteroatoms. The Balaban J connectivity index is 2.06. The number of hydrogen-bond donors (Lipinski definition) is 0. The maximum absolute atomic E-state index is 13.0. The summed E-state index contributed by atoms with van der Waals surface area (Å²) >= 11 is 0. The summed E-state index contributed by atoms with van der Waals surface area (Å²) in [5.41, 5.74) is 1.19. The molecule has 6 nitrogen and oxygen atoms in total. The van der Waals surface area contributed by atoms with Crippen molar-refractivity contribution >= 4 is 11.0 Å². The third-order valence-electron chi connectivity index (χ3n) is 5.22. The molecule has 0 saturated carbocycles. The molecular weight excluding hydrogens is 352 g/mol. The van der Waals surface area contributed by atoms with Crippen molar-refractivity contribution < 1.29 is 0 Å². The van der Waals surface area contributed by atoms with E-state index in [9.17, 15) is 9.59 Å². The highest BCUT2D eigenvalue weighted by Gasteiger charge is 2.21. The second-order valence-electron chi connectivity index (χ2n) is 7.40. The minimum atomic E-state index is -0.464. The molecule has 0 spiro atoms. The molecule has 0 aromatic heterocycles. The van der Waals surface area contributed by atoms with Crippen molar-refractivity contribution in [1.29, 1.82) is 0 Å². The van der Waals surface area contributed by atoms with Gasteiger partial charge in [-0.2, -0.15) is 4.98 Å². The van der Waals surface area contributed by atoms with Gasteiger partial charge in [-0.05, 0) is 25.0 Å². The van der Waals surface area contributed by atoms with Crippen LogP contribution >= 0.6 is 0 Å². The normalized spacial score (nSPS) is 11.5. The summed E-state index contributed by atoms with van der Waals surface area (Å²) in [7, 11) is 0. The van der Waals surface area contributed by atoms with Gasteiger partial charge in [-0.3, -0.25) is 9.36 Å². The molecule has 0 bridgehead atoms. The zero-order valence-electron chi connectivity index (χ0n) is 17.0. The number of fused-ring (bicyclic) bond motifs is 2. The molecule has 3 rings (SSSR count). The van der Waals surface area contributed by atoms with Gasteiger partial charge in [-0.1, -0.05) is 64.5 Å². The van der Waals surface area contributed by atoms with Gasteiger partial charge in [-0.25, -0.2) is 9.78 Å². The first-order valence-electron chi connectivity index (χ1n) is 10.6. The van der Waals surface area contributed by atoms with E-state index in [1.807, 2.05) is 28.8 Å². The van der Waals surface area contributed by atoms with Gasteiger partial charge in [0.1, 0.15) is 0 Å². The molecule has 1 aromatic carbocycles. The maximum Gasteiger partial charge on any atom is 0.352 e. The second-order valence-corrected chi connectivity index (χ2v) is 7.40. The van der Waals surface area contributed by atoms with Crippen LogP contribution in [0, 0.1) is 0 Å². The highest BCUT2D eigenvalue weighted by atomic mass is 16.2. The van der Waals surface area contributed by atoms with Crippen molar-refractivity contribution in [1.82, 2.24) is 19.1 Å². The Labute approximate surface area is 165 Å². The Morgan fingerprint density at radius 2 is 1.43 bits per heavy atom. The Morgan fingerprint density at radius 1 is 0.786 bits per heavy atom. The SMILES string of the molecule is CCCCCCn1c(=O)nc2n(CCCCCC)c3ccccc3nc-2c1=O. The Morgan fingerprint density at radius 3 is 2.11 bits per heavy atom. The molecule has 0 radical (unpaired) electrons. The van der Waals surface area contributed by atoms with E-state index in [1.165, 1.54) is 11.0 Å². The van der Waals surface area contributed by atoms with Gasteiger partial charge in [-0.15, -0.1) is 0 Å². The van der Waals surface area contributed by atoms with E-state index in [-0.39, 0.29) is 5.56 Å². The van der Waals surface area contributed by atoms with Crippen LogP contribution in [0.2, 0.25) is 0 Å². The topological polar surface area (TPSA) is 69.8 Å². The van der Waals surface area contributed by atoms with Gasteiger partial charge in [0.25, 0.3) is 5.56 Å². The van der Waals surface area contributed by atoms with Gasteiger partial charge < -0.3 is 4.57 Å². The summed E-state index contributed by atoms with van der Waals surface area (Å²) < 4.78 is 3.25. The van der Waals surface area contributed by atoms with E-state index in [0.29, 0.717) is 18.1 Å². The van der Waals surface area contributed by atoms with Crippen LogP contribution in [0.3, 0.4) is 0 Å². The summed E-state index contributed by atoms with van der Waals surface area (Å²) in [5.74, 6) is 0.412. The van der Waals surface area contributed by atoms with Crippen LogP contribution in [0.4, 0.5) is 0 Å². The van der Waals surface area contributed by atoms with E-state index in [4.69, 9.17) is 0 Å². The first-order valence-corrected chi connectivity index (χ1v) is 10.6. The van der Waals surface area contributed by atoms with Crippen LogP contribution in [-0.2, 0) is 13.1 Å². The van der Waals surface area contributed by atoms with Crippen molar-refractivity contribution in [3.05, 3.63) is 45.1 Å². The summed E-state index contributed by atoms with van der Waals surface area (Å²) in [6.07, 6.45) is 8.45. The lowest BCUT2D eigenvalue weighted by Gasteiger charge is -2.17. The highest BCUT2D eigenvalue weighted by molar-refractivity contribution is 5.79. The van der Waals surface area contributed by atoms with Crippen LogP contribution in [0.5, 0.6) is 0 Å². The fourth-order valence-electron chi connectivity index (χ4n) is 3.64. The molecule has 28 heavy (non-hydrogen) atoms. The van der Waals surface area contributed by atoms with E-state index < -0.39 is 5.69 Å². The number of benzene rings is 1. The summed E-state index contributed by atoms with van der Waals surface area (Å²) in [6.45, 7) is 5.45. The van der Waals surface area contributed by atoms with Gasteiger partial charge in [0, 0.05) is 13.1 Å². The first kappa shape index (κ1) is 20.2. The molecule has 1 aromatic rings. The zero-order chi connectivity index (χ0) is 19.9. The van der Waals surface area contributed by atoms with Gasteiger partial charge in [0.2, 0.25) is 0 Å². The van der Waals surface area contributed by atoms with E-state index in [2.05, 4.69) is 23.8 Å². The lowest BCUT2D eigenvalue weighted by Crippen LogP contribution is -2.38. The zero-order valence-corrected chi connectivity index (χ0v) is 17.0.